The quantitative estimate of drug-likeness (QED) is 0.343. The molecule has 148 valence electrons. The second-order valence-corrected chi connectivity index (χ2v) is 7.69. The minimum absolute atomic E-state index is 0.0537. The van der Waals surface area contributed by atoms with Gasteiger partial charge in [-0.1, -0.05) is 45.9 Å². The van der Waals surface area contributed by atoms with Crippen LogP contribution in [-0.2, 0) is 17.6 Å². The highest BCUT2D eigenvalue weighted by Gasteiger charge is 2.20. The molecule has 0 spiro atoms. The highest BCUT2D eigenvalue weighted by molar-refractivity contribution is 5.86. The number of hydrogen-bond acceptors (Lipinski definition) is 2. The van der Waals surface area contributed by atoms with Crippen LogP contribution in [0.1, 0.15) is 38.8 Å². The van der Waals surface area contributed by atoms with Gasteiger partial charge in [0, 0.05) is 49.2 Å². The molecular formula is C21H33N5O. The van der Waals surface area contributed by atoms with Crippen LogP contribution in [0.4, 0.5) is 0 Å². The van der Waals surface area contributed by atoms with Gasteiger partial charge in [-0.05, 0) is 24.0 Å². The number of guanidine groups is 1. The zero-order valence-corrected chi connectivity index (χ0v) is 17.2. The molecule has 0 radical (unpaired) electrons. The summed E-state index contributed by atoms with van der Waals surface area (Å²) in [6.45, 7) is 9.89. The lowest BCUT2D eigenvalue weighted by molar-refractivity contribution is -0.128. The van der Waals surface area contributed by atoms with Crippen molar-refractivity contribution in [1.29, 1.82) is 0 Å². The SMILES string of the molecule is CCc1cccc2c(CCNC(=NC)NCCNC(=O)C(C)(C)C)c[nH]c12. The van der Waals surface area contributed by atoms with Crippen LogP contribution in [0.2, 0.25) is 0 Å². The minimum Gasteiger partial charge on any atom is -0.361 e. The van der Waals surface area contributed by atoms with Crippen LogP contribution in [0, 0.1) is 5.41 Å². The Morgan fingerprint density at radius 2 is 1.78 bits per heavy atom. The van der Waals surface area contributed by atoms with Crippen LogP contribution >= 0.6 is 0 Å². The average Bonchev–Trinajstić information content (AvgIpc) is 3.05. The first-order valence-corrected chi connectivity index (χ1v) is 9.67. The molecule has 1 heterocycles. The van der Waals surface area contributed by atoms with E-state index < -0.39 is 0 Å². The Bertz CT molecular complexity index is 785. The largest absolute Gasteiger partial charge is 0.361 e. The maximum Gasteiger partial charge on any atom is 0.225 e. The highest BCUT2D eigenvalue weighted by Crippen LogP contribution is 2.22. The molecule has 2 aromatic rings. The zero-order chi connectivity index (χ0) is 19.9. The summed E-state index contributed by atoms with van der Waals surface area (Å²) in [4.78, 5) is 19.5. The predicted octanol–water partition coefficient (Wildman–Crippen LogP) is 2.60. The van der Waals surface area contributed by atoms with Crippen LogP contribution < -0.4 is 16.0 Å². The Labute approximate surface area is 162 Å². The number of rotatable bonds is 7. The molecule has 0 aliphatic heterocycles. The van der Waals surface area contributed by atoms with Crippen LogP contribution in [0.25, 0.3) is 10.9 Å². The zero-order valence-electron chi connectivity index (χ0n) is 17.2. The fourth-order valence-electron chi connectivity index (χ4n) is 2.93. The fourth-order valence-corrected chi connectivity index (χ4v) is 2.93. The number of aliphatic imine (C=N–C) groups is 1. The number of nitrogens with zero attached hydrogens (tertiary/aromatic N) is 1. The molecule has 2 rings (SSSR count). The Balaban J connectivity index is 1.78. The summed E-state index contributed by atoms with van der Waals surface area (Å²) < 4.78 is 0. The van der Waals surface area contributed by atoms with E-state index in [4.69, 9.17) is 0 Å². The van der Waals surface area contributed by atoms with Gasteiger partial charge in [-0.3, -0.25) is 9.79 Å². The summed E-state index contributed by atoms with van der Waals surface area (Å²) in [6.07, 6.45) is 4.04. The molecule has 1 amide bonds. The van der Waals surface area contributed by atoms with Gasteiger partial charge in [0.2, 0.25) is 5.91 Å². The Morgan fingerprint density at radius 3 is 2.44 bits per heavy atom. The van der Waals surface area contributed by atoms with Crippen LogP contribution in [0.15, 0.2) is 29.4 Å². The van der Waals surface area contributed by atoms with Gasteiger partial charge in [0.1, 0.15) is 0 Å². The number of H-pyrrole nitrogens is 1. The molecule has 6 nitrogen and oxygen atoms in total. The summed E-state index contributed by atoms with van der Waals surface area (Å²) in [5.74, 6) is 0.798. The van der Waals surface area contributed by atoms with Crippen LogP contribution in [-0.4, -0.2) is 43.5 Å². The van der Waals surface area contributed by atoms with Crippen molar-refractivity contribution in [3.63, 3.8) is 0 Å². The first-order chi connectivity index (χ1) is 12.9. The number of fused-ring (bicyclic) bond motifs is 1. The third-order valence-electron chi connectivity index (χ3n) is 4.56. The number of hydrogen-bond donors (Lipinski definition) is 4. The fraction of sp³-hybridized carbons (Fsp3) is 0.524. The molecule has 1 aromatic heterocycles. The number of carbonyl (C=O) groups is 1. The Kier molecular flexibility index (Phi) is 7.28. The van der Waals surface area contributed by atoms with Gasteiger partial charge < -0.3 is 20.9 Å². The number of aromatic amines is 1. The molecule has 0 fully saturated rings. The van der Waals surface area contributed by atoms with Crippen molar-refractivity contribution in [3.8, 4) is 0 Å². The van der Waals surface area contributed by atoms with E-state index in [9.17, 15) is 4.79 Å². The number of aryl methyl sites for hydroxylation is 1. The van der Waals surface area contributed by atoms with E-state index in [0.717, 1.165) is 25.3 Å². The second-order valence-electron chi connectivity index (χ2n) is 7.69. The van der Waals surface area contributed by atoms with E-state index in [2.05, 4.69) is 57.2 Å². The molecule has 0 saturated heterocycles. The maximum atomic E-state index is 11.8. The number of benzene rings is 1. The number of aromatic nitrogens is 1. The van der Waals surface area contributed by atoms with E-state index in [-0.39, 0.29) is 11.3 Å². The molecule has 0 aliphatic carbocycles. The topological polar surface area (TPSA) is 81.3 Å². The van der Waals surface area contributed by atoms with Crippen LogP contribution in [0.5, 0.6) is 0 Å². The van der Waals surface area contributed by atoms with Crippen molar-refractivity contribution in [1.82, 2.24) is 20.9 Å². The summed E-state index contributed by atoms with van der Waals surface area (Å²) in [5, 5.41) is 10.8. The molecule has 0 unspecified atom stereocenters. The lowest BCUT2D eigenvalue weighted by atomic mass is 9.96. The monoisotopic (exact) mass is 371 g/mol. The number of carbonyl (C=O) groups excluding carboxylic acids is 1. The molecule has 4 N–H and O–H groups in total. The molecule has 0 saturated carbocycles. The van der Waals surface area contributed by atoms with Crippen molar-refractivity contribution in [2.45, 2.75) is 40.5 Å². The van der Waals surface area contributed by atoms with E-state index in [1.807, 2.05) is 20.8 Å². The molecule has 0 bridgehead atoms. The van der Waals surface area contributed by atoms with Gasteiger partial charge in [0.15, 0.2) is 5.96 Å². The smallest absolute Gasteiger partial charge is 0.225 e. The van der Waals surface area contributed by atoms with Gasteiger partial charge in [-0.15, -0.1) is 0 Å². The molecular weight excluding hydrogens is 338 g/mol. The van der Waals surface area contributed by atoms with E-state index in [1.54, 1.807) is 7.05 Å². The standard InChI is InChI=1S/C21H33N5O/c1-6-15-8-7-9-17-16(14-26-18(15)17)10-11-24-20(22-5)25-13-12-23-19(27)21(2,3)4/h7-9,14,26H,6,10-13H2,1-5H3,(H,23,27)(H2,22,24,25). The predicted molar refractivity (Wildman–Crippen MR) is 113 cm³/mol. The van der Waals surface area contributed by atoms with Crippen molar-refractivity contribution < 1.29 is 4.79 Å². The van der Waals surface area contributed by atoms with Gasteiger partial charge in [-0.25, -0.2) is 0 Å². The van der Waals surface area contributed by atoms with Gasteiger partial charge in [0.25, 0.3) is 0 Å². The Morgan fingerprint density at radius 1 is 1.07 bits per heavy atom. The van der Waals surface area contributed by atoms with Crippen molar-refractivity contribution in [2.24, 2.45) is 10.4 Å². The summed E-state index contributed by atoms with van der Waals surface area (Å²) in [5.41, 5.74) is 3.53. The van der Waals surface area contributed by atoms with Gasteiger partial charge >= 0.3 is 0 Å². The molecule has 1 aromatic carbocycles. The molecule has 6 heteroatoms. The third-order valence-corrected chi connectivity index (χ3v) is 4.56. The van der Waals surface area contributed by atoms with Crippen molar-refractivity contribution in [2.75, 3.05) is 26.7 Å². The first-order valence-electron chi connectivity index (χ1n) is 9.67. The normalized spacial score (nSPS) is 12.3. The van der Waals surface area contributed by atoms with E-state index in [1.165, 1.54) is 22.0 Å². The molecule has 27 heavy (non-hydrogen) atoms. The number of amides is 1. The summed E-state index contributed by atoms with van der Waals surface area (Å²) in [6, 6.07) is 6.47. The molecule has 0 aliphatic rings. The summed E-state index contributed by atoms with van der Waals surface area (Å²) in [7, 11) is 1.75. The summed E-state index contributed by atoms with van der Waals surface area (Å²) >= 11 is 0. The van der Waals surface area contributed by atoms with Gasteiger partial charge in [0.05, 0.1) is 0 Å². The first kappa shape index (κ1) is 20.8. The lowest BCUT2D eigenvalue weighted by Gasteiger charge is -2.18. The third kappa shape index (κ3) is 5.74. The maximum absolute atomic E-state index is 11.8. The van der Waals surface area contributed by atoms with E-state index >= 15 is 0 Å². The van der Waals surface area contributed by atoms with E-state index in [0.29, 0.717) is 13.1 Å². The van der Waals surface area contributed by atoms with Crippen molar-refractivity contribution in [3.05, 3.63) is 35.5 Å². The second kappa shape index (κ2) is 9.44. The number of para-hydroxylation sites is 1. The Hall–Kier alpha value is -2.50. The van der Waals surface area contributed by atoms with Gasteiger partial charge in [-0.2, -0.15) is 0 Å². The van der Waals surface area contributed by atoms with Crippen molar-refractivity contribution >= 4 is 22.8 Å². The highest BCUT2D eigenvalue weighted by atomic mass is 16.2. The lowest BCUT2D eigenvalue weighted by Crippen LogP contribution is -2.43. The average molecular weight is 372 g/mol. The van der Waals surface area contributed by atoms with Crippen LogP contribution in [0.3, 0.4) is 0 Å². The number of nitrogens with one attached hydrogen (secondary N) is 4. The molecule has 0 atom stereocenters. The minimum atomic E-state index is -0.364.